The Hall–Kier alpha value is 0.250. The number of nitrogens with one attached hydrogen (secondary N) is 1. The predicted molar refractivity (Wildman–Crippen MR) is 75.4 cm³/mol. The van der Waals surface area contributed by atoms with Crippen molar-refractivity contribution in [1.82, 2.24) is 5.32 Å². The molecule has 1 N–H and O–H groups in total. The van der Waals surface area contributed by atoms with Crippen molar-refractivity contribution in [1.29, 1.82) is 0 Å². The summed E-state index contributed by atoms with van der Waals surface area (Å²) in [4.78, 5) is 0. The van der Waals surface area contributed by atoms with Crippen LogP contribution in [0.4, 0.5) is 0 Å². The average molecular weight is 248 g/mol. The molecule has 0 aromatic carbocycles. The highest BCUT2D eigenvalue weighted by Gasteiger charge is 2.02. The molecule has 0 bridgehead atoms. The summed E-state index contributed by atoms with van der Waals surface area (Å²) in [6, 6.07) is 0.637. The number of alkyl halides is 1. The van der Waals surface area contributed by atoms with Crippen molar-refractivity contribution in [3.05, 3.63) is 0 Å². The summed E-state index contributed by atoms with van der Waals surface area (Å²) in [5.41, 5.74) is 0. The zero-order valence-electron chi connectivity index (χ0n) is 11.2. The lowest BCUT2D eigenvalue weighted by molar-refractivity contribution is 0.468. The maximum Gasteiger partial charge on any atom is 0.0238 e. The number of halogens is 1. The van der Waals surface area contributed by atoms with Crippen LogP contribution in [0, 0.1) is 0 Å². The largest absolute Gasteiger partial charge is 0.314 e. The van der Waals surface area contributed by atoms with Crippen LogP contribution in [-0.2, 0) is 0 Å². The minimum Gasteiger partial charge on any atom is -0.314 e. The minimum atomic E-state index is 0.637. The number of hydrogen-bond acceptors (Lipinski definition) is 1. The fourth-order valence-electron chi connectivity index (χ4n) is 1.97. The minimum absolute atomic E-state index is 0.637. The summed E-state index contributed by atoms with van der Waals surface area (Å²) in [7, 11) is 0. The Bertz CT molecular complexity index is 128. The van der Waals surface area contributed by atoms with Crippen LogP contribution in [0.15, 0.2) is 0 Å². The molecule has 16 heavy (non-hydrogen) atoms. The van der Waals surface area contributed by atoms with Gasteiger partial charge < -0.3 is 5.32 Å². The van der Waals surface area contributed by atoms with Crippen LogP contribution < -0.4 is 5.32 Å². The van der Waals surface area contributed by atoms with Gasteiger partial charge in [-0.15, -0.1) is 11.6 Å². The molecule has 0 aliphatic rings. The Balaban J connectivity index is 3.12. The number of unbranched alkanes of at least 4 members (excludes halogenated alkanes) is 6. The molecule has 0 fully saturated rings. The number of rotatable bonds is 12. The molecule has 0 aliphatic carbocycles. The van der Waals surface area contributed by atoms with Crippen molar-refractivity contribution in [3.8, 4) is 0 Å². The fourth-order valence-corrected chi connectivity index (χ4v) is 2.23. The van der Waals surface area contributed by atoms with Crippen molar-refractivity contribution in [2.45, 2.75) is 77.7 Å². The summed E-state index contributed by atoms with van der Waals surface area (Å²) >= 11 is 5.75. The van der Waals surface area contributed by atoms with Gasteiger partial charge in [-0.25, -0.2) is 0 Å². The van der Waals surface area contributed by atoms with E-state index in [1.165, 1.54) is 57.9 Å². The van der Waals surface area contributed by atoms with Crippen LogP contribution in [0.1, 0.15) is 71.6 Å². The van der Waals surface area contributed by atoms with Crippen LogP contribution >= 0.6 is 11.6 Å². The van der Waals surface area contributed by atoms with E-state index in [9.17, 15) is 0 Å². The molecule has 0 aromatic heterocycles. The van der Waals surface area contributed by atoms with Crippen molar-refractivity contribution in [3.63, 3.8) is 0 Å². The molecule has 0 saturated carbocycles. The zero-order valence-corrected chi connectivity index (χ0v) is 12.0. The Kier molecular flexibility index (Phi) is 13.5. The molecular weight excluding hydrogens is 218 g/mol. The highest BCUT2D eigenvalue weighted by atomic mass is 35.5. The highest BCUT2D eigenvalue weighted by molar-refractivity contribution is 6.17. The van der Waals surface area contributed by atoms with E-state index in [1.807, 2.05) is 0 Å². The maximum absolute atomic E-state index is 5.75. The second kappa shape index (κ2) is 13.3. The first kappa shape index (κ1) is 16.2. The van der Waals surface area contributed by atoms with E-state index in [0.29, 0.717) is 6.04 Å². The lowest BCUT2D eigenvalue weighted by Crippen LogP contribution is -2.29. The van der Waals surface area contributed by atoms with E-state index < -0.39 is 0 Å². The molecule has 0 saturated heterocycles. The van der Waals surface area contributed by atoms with Gasteiger partial charge in [-0.2, -0.15) is 0 Å². The number of hydrogen-bond donors (Lipinski definition) is 1. The third-order valence-electron chi connectivity index (χ3n) is 3.16. The predicted octanol–water partition coefficient (Wildman–Crippen LogP) is 4.73. The first-order valence-electron chi connectivity index (χ1n) is 7.14. The SMILES string of the molecule is CCCCCCCCCNC(CC)CCCl. The van der Waals surface area contributed by atoms with Gasteiger partial charge in [0, 0.05) is 11.9 Å². The van der Waals surface area contributed by atoms with Crippen molar-refractivity contribution >= 4 is 11.6 Å². The second-order valence-electron chi connectivity index (χ2n) is 4.66. The lowest BCUT2D eigenvalue weighted by atomic mass is 10.1. The molecule has 0 spiro atoms. The summed E-state index contributed by atoms with van der Waals surface area (Å²) < 4.78 is 0. The first-order valence-corrected chi connectivity index (χ1v) is 7.67. The molecule has 1 atom stereocenters. The fraction of sp³-hybridized carbons (Fsp3) is 1.00. The Morgan fingerprint density at radius 1 is 0.938 bits per heavy atom. The monoisotopic (exact) mass is 247 g/mol. The van der Waals surface area contributed by atoms with Crippen LogP contribution in [-0.4, -0.2) is 18.5 Å². The zero-order chi connectivity index (χ0) is 12.1. The summed E-state index contributed by atoms with van der Waals surface area (Å²) in [5, 5.41) is 3.59. The molecule has 1 unspecified atom stereocenters. The van der Waals surface area contributed by atoms with E-state index >= 15 is 0 Å². The van der Waals surface area contributed by atoms with Crippen LogP contribution in [0.25, 0.3) is 0 Å². The summed E-state index contributed by atoms with van der Waals surface area (Å²) in [6.07, 6.45) is 12.0. The van der Waals surface area contributed by atoms with Gasteiger partial charge in [0.1, 0.15) is 0 Å². The topological polar surface area (TPSA) is 12.0 Å². The summed E-state index contributed by atoms with van der Waals surface area (Å²) in [6.45, 7) is 5.67. The molecule has 98 valence electrons. The van der Waals surface area contributed by atoms with Gasteiger partial charge >= 0.3 is 0 Å². The second-order valence-corrected chi connectivity index (χ2v) is 5.04. The smallest absolute Gasteiger partial charge is 0.0238 e. The van der Waals surface area contributed by atoms with Crippen LogP contribution in [0.2, 0.25) is 0 Å². The van der Waals surface area contributed by atoms with Crippen LogP contribution in [0.3, 0.4) is 0 Å². The third kappa shape index (κ3) is 10.8. The van der Waals surface area contributed by atoms with Gasteiger partial charge in [0.2, 0.25) is 0 Å². The molecule has 0 radical (unpaired) electrons. The van der Waals surface area contributed by atoms with Crippen molar-refractivity contribution < 1.29 is 0 Å². The van der Waals surface area contributed by atoms with Gasteiger partial charge in [0.05, 0.1) is 0 Å². The van der Waals surface area contributed by atoms with E-state index in [0.717, 1.165) is 12.3 Å². The van der Waals surface area contributed by atoms with Crippen molar-refractivity contribution in [2.24, 2.45) is 0 Å². The van der Waals surface area contributed by atoms with Gasteiger partial charge in [0.15, 0.2) is 0 Å². The molecule has 0 rings (SSSR count). The Morgan fingerprint density at radius 3 is 2.12 bits per heavy atom. The molecule has 0 aliphatic heterocycles. The van der Waals surface area contributed by atoms with E-state index in [4.69, 9.17) is 11.6 Å². The highest BCUT2D eigenvalue weighted by Crippen LogP contribution is 2.07. The van der Waals surface area contributed by atoms with Crippen molar-refractivity contribution in [2.75, 3.05) is 12.4 Å². The van der Waals surface area contributed by atoms with Gasteiger partial charge in [0.25, 0.3) is 0 Å². The van der Waals surface area contributed by atoms with E-state index in [2.05, 4.69) is 19.2 Å². The molecule has 1 nitrogen and oxygen atoms in total. The first-order chi connectivity index (χ1) is 7.85. The Morgan fingerprint density at radius 2 is 1.56 bits per heavy atom. The lowest BCUT2D eigenvalue weighted by Gasteiger charge is -2.15. The quantitative estimate of drug-likeness (QED) is 0.388. The maximum atomic E-state index is 5.75. The van der Waals surface area contributed by atoms with Gasteiger partial charge in [-0.1, -0.05) is 52.4 Å². The Labute approximate surface area is 107 Å². The molecule has 0 amide bonds. The summed E-state index contributed by atoms with van der Waals surface area (Å²) in [5.74, 6) is 0.780. The van der Waals surface area contributed by atoms with E-state index in [1.54, 1.807) is 0 Å². The van der Waals surface area contributed by atoms with Crippen LogP contribution in [0.5, 0.6) is 0 Å². The van der Waals surface area contributed by atoms with Gasteiger partial charge in [-0.3, -0.25) is 0 Å². The van der Waals surface area contributed by atoms with Gasteiger partial charge in [-0.05, 0) is 25.8 Å². The normalized spacial score (nSPS) is 12.9. The molecule has 0 aromatic rings. The molecular formula is C14H30ClN. The van der Waals surface area contributed by atoms with E-state index in [-0.39, 0.29) is 0 Å². The standard InChI is InChI=1S/C14H30ClN/c1-3-5-6-7-8-9-10-13-16-14(4-2)11-12-15/h14,16H,3-13H2,1-2H3. The third-order valence-corrected chi connectivity index (χ3v) is 3.38. The molecule has 2 heteroatoms. The molecule has 0 heterocycles. The average Bonchev–Trinajstić information content (AvgIpc) is 2.31.